The molecular weight excluding hydrogens is 498 g/mol. The van der Waals surface area contributed by atoms with Crippen LogP contribution in [0.4, 0.5) is 4.79 Å². The molecule has 2 aliphatic rings. The van der Waals surface area contributed by atoms with E-state index in [1.54, 1.807) is 11.3 Å². The van der Waals surface area contributed by atoms with E-state index in [1.807, 2.05) is 31.9 Å². The van der Waals surface area contributed by atoms with Crippen LogP contribution in [0.25, 0.3) is 31.4 Å². The molecule has 2 fully saturated rings. The molecule has 7 heteroatoms. The van der Waals surface area contributed by atoms with Gasteiger partial charge in [-0.1, -0.05) is 34.1 Å². The van der Waals surface area contributed by atoms with Crippen LogP contribution in [-0.4, -0.2) is 32.6 Å². The quantitative estimate of drug-likeness (QED) is 0.293. The molecule has 5 nitrogen and oxygen atoms in total. The molecule has 1 aliphatic heterocycles. The van der Waals surface area contributed by atoms with Crippen LogP contribution < -0.4 is 0 Å². The predicted molar refractivity (Wildman–Crippen MR) is 137 cm³/mol. The van der Waals surface area contributed by atoms with Crippen molar-refractivity contribution in [1.29, 1.82) is 0 Å². The number of carbonyl (C=O) groups is 1. The highest BCUT2D eigenvalue weighted by Crippen LogP contribution is 2.50. The lowest BCUT2D eigenvalue weighted by Gasteiger charge is -2.35. The van der Waals surface area contributed by atoms with Crippen LogP contribution in [0.5, 0.6) is 0 Å². The molecule has 6 rings (SSSR count). The summed E-state index contributed by atoms with van der Waals surface area (Å²) in [5.41, 5.74) is 0.496. The molecule has 4 aromatic rings. The molecule has 0 radical (unpaired) electrons. The Morgan fingerprint density at radius 3 is 2.82 bits per heavy atom. The minimum atomic E-state index is -0.507. The second kappa shape index (κ2) is 7.57. The van der Waals surface area contributed by atoms with E-state index in [4.69, 9.17) is 9.72 Å². The first-order valence-corrected chi connectivity index (χ1v) is 13.1. The lowest BCUT2D eigenvalue weighted by atomic mass is 9.98. The van der Waals surface area contributed by atoms with Crippen LogP contribution in [0.1, 0.15) is 51.9 Å². The maximum absolute atomic E-state index is 13.0. The number of rotatable bonds is 2. The maximum Gasteiger partial charge on any atom is 0.411 e. The molecule has 3 heterocycles. The van der Waals surface area contributed by atoms with Crippen molar-refractivity contribution in [3.63, 3.8) is 0 Å². The fourth-order valence-electron chi connectivity index (χ4n) is 5.46. The molecular formula is C26H26BrN3O2S. The van der Waals surface area contributed by atoms with Crippen LogP contribution in [0.15, 0.2) is 47.1 Å². The Bertz CT molecular complexity index is 1390. The van der Waals surface area contributed by atoms with Gasteiger partial charge in [-0.15, -0.1) is 11.3 Å². The van der Waals surface area contributed by atoms with E-state index in [-0.39, 0.29) is 18.2 Å². The molecule has 3 atom stereocenters. The topological polar surface area (TPSA) is 58.2 Å². The van der Waals surface area contributed by atoms with Crippen molar-refractivity contribution >= 4 is 54.2 Å². The van der Waals surface area contributed by atoms with Gasteiger partial charge in [-0.05, 0) is 80.3 Å². The Hall–Kier alpha value is -2.38. The number of nitrogens with one attached hydrogen (secondary N) is 1. The normalized spacial score (nSPS) is 22.5. The third-order valence-corrected chi connectivity index (χ3v) is 8.50. The number of piperidine rings is 1. The van der Waals surface area contributed by atoms with Gasteiger partial charge < -0.3 is 9.72 Å². The van der Waals surface area contributed by atoms with Crippen molar-refractivity contribution in [1.82, 2.24) is 14.9 Å². The highest BCUT2D eigenvalue weighted by atomic mass is 79.9. The Kier molecular flexibility index (Phi) is 4.86. The zero-order valence-corrected chi connectivity index (χ0v) is 21.3. The van der Waals surface area contributed by atoms with Crippen molar-refractivity contribution in [3.05, 3.63) is 52.9 Å². The Morgan fingerprint density at radius 2 is 2.00 bits per heavy atom. The SMILES string of the molecule is CC(C)(C)OC(=O)N1C2CCC(C2)C1c1ncc(-c2cc3ccc4cc(Br)ccc4c3s2)[nH]1. The summed E-state index contributed by atoms with van der Waals surface area (Å²) in [6.45, 7) is 5.76. The van der Waals surface area contributed by atoms with Gasteiger partial charge in [0.2, 0.25) is 0 Å². The summed E-state index contributed by atoms with van der Waals surface area (Å²) >= 11 is 5.35. The number of amides is 1. The second-order valence-electron chi connectivity index (χ2n) is 10.2. The molecule has 1 aliphatic carbocycles. The molecule has 2 aromatic heterocycles. The standard InChI is InChI=1S/C26H26BrN3O2S/c1-26(2,3)32-25(31)30-18-8-6-15(11-18)22(30)24-28-13-20(29-24)21-12-16-5-4-14-10-17(27)7-9-19(14)23(16)33-21/h4-5,7,9-10,12-13,15,18,22H,6,8,11H2,1-3H3,(H,28,29). The number of aromatic nitrogens is 2. The number of hydrogen-bond acceptors (Lipinski definition) is 4. The van der Waals surface area contributed by atoms with E-state index < -0.39 is 5.60 Å². The third kappa shape index (κ3) is 3.66. The first-order chi connectivity index (χ1) is 15.8. The van der Waals surface area contributed by atoms with E-state index in [1.165, 1.54) is 20.9 Å². The van der Waals surface area contributed by atoms with Crippen molar-refractivity contribution in [2.24, 2.45) is 5.92 Å². The summed E-state index contributed by atoms with van der Waals surface area (Å²) < 4.78 is 8.12. The van der Waals surface area contributed by atoms with Crippen molar-refractivity contribution in [2.45, 2.75) is 57.7 Å². The van der Waals surface area contributed by atoms with Crippen LogP contribution in [0.3, 0.4) is 0 Å². The predicted octanol–water partition coefficient (Wildman–Crippen LogP) is 7.67. The molecule has 2 aromatic carbocycles. The van der Waals surface area contributed by atoms with E-state index in [0.29, 0.717) is 5.92 Å². The number of ether oxygens (including phenoxy) is 1. The highest BCUT2D eigenvalue weighted by molar-refractivity contribution is 9.10. The van der Waals surface area contributed by atoms with Gasteiger partial charge in [-0.25, -0.2) is 9.78 Å². The van der Waals surface area contributed by atoms with Crippen LogP contribution in [0.2, 0.25) is 0 Å². The number of aromatic amines is 1. The lowest BCUT2D eigenvalue weighted by Crippen LogP contribution is -2.43. The van der Waals surface area contributed by atoms with Crippen molar-refractivity contribution in [3.8, 4) is 10.6 Å². The fraction of sp³-hybridized carbons (Fsp3) is 0.385. The second-order valence-corrected chi connectivity index (χ2v) is 12.2. The average molecular weight is 524 g/mol. The van der Waals surface area contributed by atoms with Crippen LogP contribution >= 0.6 is 27.3 Å². The molecule has 1 saturated heterocycles. The maximum atomic E-state index is 13.0. The minimum absolute atomic E-state index is 0.0418. The number of imidazole rings is 1. The van der Waals surface area contributed by atoms with Gasteiger partial charge in [0.25, 0.3) is 0 Å². The summed E-state index contributed by atoms with van der Waals surface area (Å²) in [5.74, 6) is 1.31. The highest BCUT2D eigenvalue weighted by Gasteiger charge is 2.51. The van der Waals surface area contributed by atoms with Gasteiger partial charge in [0.1, 0.15) is 11.4 Å². The number of nitrogens with zero attached hydrogens (tertiary/aromatic N) is 2. The zero-order chi connectivity index (χ0) is 22.9. The van der Waals surface area contributed by atoms with Gasteiger partial charge in [-0.3, -0.25) is 4.90 Å². The summed E-state index contributed by atoms with van der Waals surface area (Å²) in [4.78, 5) is 24.5. The zero-order valence-electron chi connectivity index (χ0n) is 18.9. The molecule has 1 amide bonds. The van der Waals surface area contributed by atoms with E-state index >= 15 is 0 Å². The lowest BCUT2D eigenvalue weighted by molar-refractivity contribution is 0.00620. The first-order valence-electron chi connectivity index (χ1n) is 11.5. The van der Waals surface area contributed by atoms with Gasteiger partial charge in [0.15, 0.2) is 0 Å². The molecule has 170 valence electrons. The average Bonchev–Trinajstić information content (AvgIpc) is 3.53. The molecule has 3 unspecified atom stereocenters. The Balaban J connectivity index is 1.35. The number of hydrogen-bond donors (Lipinski definition) is 1. The summed E-state index contributed by atoms with van der Waals surface area (Å²) in [7, 11) is 0. The van der Waals surface area contributed by atoms with Crippen LogP contribution in [0, 0.1) is 5.92 Å². The number of likely N-dealkylation sites (tertiary alicyclic amines) is 1. The number of H-pyrrole nitrogens is 1. The summed E-state index contributed by atoms with van der Waals surface area (Å²) in [6.07, 6.45) is 4.91. The number of benzene rings is 2. The van der Waals surface area contributed by atoms with Crippen molar-refractivity contribution in [2.75, 3.05) is 0 Å². The first kappa shape index (κ1) is 21.2. The fourth-order valence-corrected chi connectivity index (χ4v) is 7.00. The van der Waals surface area contributed by atoms with Gasteiger partial charge in [0.05, 0.1) is 22.8 Å². The third-order valence-electron chi connectivity index (χ3n) is 6.79. The van der Waals surface area contributed by atoms with E-state index in [0.717, 1.165) is 40.1 Å². The Morgan fingerprint density at radius 1 is 1.18 bits per heavy atom. The monoisotopic (exact) mass is 523 g/mol. The van der Waals surface area contributed by atoms with Crippen molar-refractivity contribution < 1.29 is 9.53 Å². The number of thiophene rings is 1. The summed E-state index contributed by atoms with van der Waals surface area (Å²) in [5, 5.41) is 3.72. The van der Waals surface area contributed by atoms with Crippen LogP contribution in [-0.2, 0) is 4.74 Å². The molecule has 33 heavy (non-hydrogen) atoms. The molecule has 1 N–H and O–H groups in total. The van der Waals surface area contributed by atoms with E-state index in [2.05, 4.69) is 57.3 Å². The number of carbonyl (C=O) groups excluding carboxylic acids is 1. The van der Waals surface area contributed by atoms with Gasteiger partial charge in [-0.2, -0.15) is 0 Å². The molecule has 1 saturated carbocycles. The Labute approximate surface area is 205 Å². The molecule has 2 bridgehead atoms. The number of halogens is 1. The van der Waals surface area contributed by atoms with Gasteiger partial charge in [0, 0.05) is 15.2 Å². The number of fused-ring (bicyclic) bond motifs is 5. The molecule has 0 spiro atoms. The largest absolute Gasteiger partial charge is 0.444 e. The summed E-state index contributed by atoms with van der Waals surface area (Å²) in [6, 6.07) is 13.2. The minimum Gasteiger partial charge on any atom is -0.444 e. The smallest absolute Gasteiger partial charge is 0.411 e. The van der Waals surface area contributed by atoms with Gasteiger partial charge >= 0.3 is 6.09 Å². The van der Waals surface area contributed by atoms with E-state index in [9.17, 15) is 4.79 Å².